The summed E-state index contributed by atoms with van der Waals surface area (Å²) in [5.41, 5.74) is -0.0402. The van der Waals surface area contributed by atoms with Crippen LogP contribution in [0.4, 0.5) is 0 Å². The van der Waals surface area contributed by atoms with E-state index in [4.69, 9.17) is 4.74 Å². The van der Waals surface area contributed by atoms with Crippen molar-refractivity contribution in [2.24, 2.45) is 0 Å². The first-order valence-corrected chi connectivity index (χ1v) is 7.51. The van der Waals surface area contributed by atoms with Gasteiger partial charge in [0, 0.05) is 25.2 Å². The van der Waals surface area contributed by atoms with Crippen LogP contribution in [0.15, 0.2) is 12.7 Å². The van der Waals surface area contributed by atoms with Crippen LogP contribution in [-0.4, -0.2) is 64.0 Å². The summed E-state index contributed by atoms with van der Waals surface area (Å²) in [6.07, 6.45) is 3.98. The average molecular weight is 295 g/mol. The second-order valence-electron chi connectivity index (χ2n) is 5.72. The number of rotatable bonds is 6. The lowest BCUT2D eigenvalue weighted by molar-refractivity contribution is -0.125. The summed E-state index contributed by atoms with van der Waals surface area (Å²) < 4.78 is 6.97. The predicted octanol–water partition coefficient (Wildman–Crippen LogP) is 0.456. The van der Waals surface area contributed by atoms with E-state index in [1.165, 1.54) is 6.33 Å². The van der Waals surface area contributed by atoms with Gasteiger partial charge in [-0.3, -0.25) is 9.69 Å². The molecule has 1 aromatic heterocycles. The Bertz CT molecular complexity index is 444. The van der Waals surface area contributed by atoms with Crippen molar-refractivity contribution < 1.29 is 9.53 Å². The molecule has 0 spiro atoms. The third-order valence-corrected chi connectivity index (χ3v) is 4.39. The molecule has 1 amide bonds. The van der Waals surface area contributed by atoms with Gasteiger partial charge in [0.25, 0.3) is 0 Å². The summed E-state index contributed by atoms with van der Waals surface area (Å²) in [5.74, 6) is -0.0339. The molecule has 7 nitrogen and oxygen atoms in total. The molecule has 2 rings (SSSR count). The number of carbonyl (C=O) groups excluding carboxylic acids is 1. The van der Waals surface area contributed by atoms with Gasteiger partial charge in [0.1, 0.15) is 18.7 Å². The number of nitrogens with zero attached hydrogens (tertiary/aromatic N) is 4. The van der Waals surface area contributed by atoms with Crippen LogP contribution in [-0.2, 0) is 9.53 Å². The summed E-state index contributed by atoms with van der Waals surface area (Å²) in [6.45, 7) is 10.2. The molecule has 1 aliphatic rings. The highest BCUT2D eigenvalue weighted by Gasteiger charge is 2.32. The third kappa shape index (κ3) is 3.79. The van der Waals surface area contributed by atoms with E-state index in [0.717, 1.165) is 32.7 Å². The molecule has 1 saturated heterocycles. The van der Waals surface area contributed by atoms with Crippen LogP contribution >= 0.6 is 0 Å². The van der Waals surface area contributed by atoms with E-state index in [0.29, 0.717) is 6.54 Å². The zero-order chi connectivity index (χ0) is 15.3. The van der Waals surface area contributed by atoms with E-state index >= 15 is 0 Å². The summed E-state index contributed by atoms with van der Waals surface area (Å²) in [4.78, 5) is 18.5. The summed E-state index contributed by atoms with van der Waals surface area (Å²) in [6, 6.07) is -0.349. The highest BCUT2D eigenvalue weighted by molar-refractivity contribution is 5.79. The van der Waals surface area contributed by atoms with Gasteiger partial charge in [0.05, 0.1) is 13.2 Å². The normalized spacial score (nSPS) is 20.7. The Kier molecular flexibility index (Phi) is 5.30. The van der Waals surface area contributed by atoms with Crippen LogP contribution in [0, 0.1) is 0 Å². The van der Waals surface area contributed by atoms with E-state index in [9.17, 15) is 4.79 Å². The minimum absolute atomic E-state index is 0.0339. The third-order valence-electron chi connectivity index (χ3n) is 4.39. The highest BCUT2D eigenvalue weighted by Crippen LogP contribution is 2.20. The molecule has 118 valence electrons. The Morgan fingerprint density at radius 2 is 2.19 bits per heavy atom. The molecule has 1 N–H and O–H groups in total. The van der Waals surface area contributed by atoms with Crippen molar-refractivity contribution in [3.63, 3.8) is 0 Å². The van der Waals surface area contributed by atoms with Gasteiger partial charge in [-0.15, -0.1) is 0 Å². The van der Waals surface area contributed by atoms with Crippen molar-refractivity contribution in [1.29, 1.82) is 0 Å². The Labute approximate surface area is 125 Å². The maximum atomic E-state index is 12.2. The molecule has 21 heavy (non-hydrogen) atoms. The fourth-order valence-electron chi connectivity index (χ4n) is 2.53. The minimum atomic E-state index is -0.349. The van der Waals surface area contributed by atoms with Gasteiger partial charge in [0.2, 0.25) is 5.91 Å². The van der Waals surface area contributed by atoms with Crippen molar-refractivity contribution in [3.05, 3.63) is 12.7 Å². The molecular formula is C14H25N5O2. The number of morpholine rings is 1. The smallest absolute Gasteiger partial charge is 0.244 e. The first-order chi connectivity index (χ1) is 10.1. The monoisotopic (exact) mass is 295 g/mol. The molecule has 1 aliphatic heterocycles. The standard InChI is InChI=1S/C14H25N5O2/c1-4-14(3,18-5-7-21-8-6-18)9-16-13(20)12(2)19-11-15-10-17-19/h10-12H,4-9H2,1-3H3,(H,16,20)/t12-,14-/m0/s1. The van der Waals surface area contributed by atoms with Gasteiger partial charge < -0.3 is 10.1 Å². The van der Waals surface area contributed by atoms with E-state index < -0.39 is 0 Å². The maximum Gasteiger partial charge on any atom is 0.244 e. The summed E-state index contributed by atoms with van der Waals surface area (Å²) >= 11 is 0. The lowest BCUT2D eigenvalue weighted by Gasteiger charge is -2.43. The van der Waals surface area contributed by atoms with Crippen molar-refractivity contribution in [2.45, 2.75) is 38.8 Å². The molecule has 2 atom stereocenters. The van der Waals surface area contributed by atoms with Crippen molar-refractivity contribution in [2.75, 3.05) is 32.8 Å². The minimum Gasteiger partial charge on any atom is -0.379 e. The Hall–Kier alpha value is -1.47. The van der Waals surface area contributed by atoms with Crippen LogP contribution in [0.2, 0.25) is 0 Å². The molecule has 0 radical (unpaired) electrons. The Morgan fingerprint density at radius 1 is 1.48 bits per heavy atom. The van der Waals surface area contributed by atoms with E-state index in [1.54, 1.807) is 11.0 Å². The molecule has 2 heterocycles. The Morgan fingerprint density at radius 3 is 2.76 bits per heavy atom. The molecule has 0 aliphatic carbocycles. The lowest BCUT2D eigenvalue weighted by Crippen LogP contribution is -2.57. The van der Waals surface area contributed by atoms with Crippen LogP contribution in [0.1, 0.15) is 33.2 Å². The molecule has 1 aromatic rings. The number of carbonyl (C=O) groups is 1. The number of ether oxygens (including phenoxy) is 1. The molecule has 0 bridgehead atoms. The molecule has 0 aromatic carbocycles. The quantitative estimate of drug-likeness (QED) is 0.825. The maximum absolute atomic E-state index is 12.2. The van der Waals surface area contributed by atoms with Crippen LogP contribution in [0.25, 0.3) is 0 Å². The predicted molar refractivity (Wildman–Crippen MR) is 78.8 cm³/mol. The van der Waals surface area contributed by atoms with Crippen molar-refractivity contribution in [1.82, 2.24) is 25.0 Å². The number of amides is 1. The van der Waals surface area contributed by atoms with Crippen LogP contribution in [0.3, 0.4) is 0 Å². The number of nitrogens with one attached hydrogen (secondary N) is 1. The lowest BCUT2D eigenvalue weighted by atomic mass is 9.95. The van der Waals surface area contributed by atoms with Gasteiger partial charge in [-0.1, -0.05) is 6.92 Å². The van der Waals surface area contributed by atoms with E-state index in [1.807, 2.05) is 6.92 Å². The van der Waals surface area contributed by atoms with Crippen molar-refractivity contribution in [3.8, 4) is 0 Å². The van der Waals surface area contributed by atoms with E-state index in [2.05, 4.69) is 34.1 Å². The second-order valence-corrected chi connectivity index (χ2v) is 5.72. The first kappa shape index (κ1) is 15.9. The van der Waals surface area contributed by atoms with Gasteiger partial charge >= 0.3 is 0 Å². The molecular weight excluding hydrogens is 270 g/mol. The van der Waals surface area contributed by atoms with Crippen LogP contribution < -0.4 is 5.32 Å². The van der Waals surface area contributed by atoms with Gasteiger partial charge in [-0.25, -0.2) is 9.67 Å². The summed E-state index contributed by atoms with van der Waals surface area (Å²) in [7, 11) is 0. The largest absolute Gasteiger partial charge is 0.379 e. The van der Waals surface area contributed by atoms with Gasteiger partial charge in [-0.05, 0) is 20.3 Å². The molecule has 1 fully saturated rings. The molecule has 0 saturated carbocycles. The fraction of sp³-hybridized carbons (Fsp3) is 0.786. The van der Waals surface area contributed by atoms with Gasteiger partial charge in [-0.2, -0.15) is 5.10 Å². The molecule has 7 heteroatoms. The van der Waals surface area contributed by atoms with Crippen LogP contribution in [0.5, 0.6) is 0 Å². The highest BCUT2D eigenvalue weighted by atomic mass is 16.5. The number of aromatic nitrogens is 3. The van der Waals surface area contributed by atoms with Crippen molar-refractivity contribution >= 4 is 5.91 Å². The average Bonchev–Trinajstić information content (AvgIpc) is 3.06. The zero-order valence-electron chi connectivity index (χ0n) is 13.1. The number of hydrogen-bond donors (Lipinski definition) is 1. The fourth-order valence-corrected chi connectivity index (χ4v) is 2.53. The SMILES string of the molecule is CC[C@@](C)(CNC(=O)[C@H](C)n1cncn1)N1CCOCC1. The molecule has 0 unspecified atom stereocenters. The van der Waals surface area contributed by atoms with Gasteiger partial charge in [0.15, 0.2) is 0 Å². The van der Waals surface area contributed by atoms with E-state index in [-0.39, 0.29) is 17.5 Å². The zero-order valence-corrected chi connectivity index (χ0v) is 13.1. The Balaban J connectivity index is 1.91. The topological polar surface area (TPSA) is 72.3 Å². The number of hydrogen-bond acceptors (Lipinski definition) is 5. The second kappa shape index (κ2) is 7.00. The summed E-state index contributed by atoms with van der Waals surface area (Å²) in [5, 5.41) is 7.06. The first-order valence-electron chi connectivity index (χ1n) is 7.51.